The average molecular weight is 363 g/mol. The van der Waals surface area contributed by atoms with E-state index in [-0.39, 0.29) is 17.7 Å². The number of hydrogen-bond donors (Lipinski definition) is 2. The number of benzene rings is 2. The van der Waals surface area contributed by atoms with Crippen molar-refractivity contribution in [2.75, 3.05) is 13.2 Å². The van der Waals surface area contributed by atoms with Gasteiger partial charge in [-0.25, -0.2) is 0 Å². The zero-order chi connectivity index (χ0) is 19.0. The molecule has 6 heteroatoms. The second kappa shape index (κ2) is 6.79. The Morgan fingerprint density at radius 3 is 2.74 bits per heavy atom. The van der Waals surface area contributed by atoms with Gasteiger partial charge in [-0.2, -0.15) is 5.10 Å². The van der Waals surface area contributed by atoms with E-state index in [1.54, 1.807) is 23.1 Å². The number of H-pyrrole nitrogens is 1. The van der Waals surface area contributed by atoms with Crippen molar-refractivity contribution >= 4 is 5.91 Å². The van der Waals surface area contributed by atoms with Gasteiger partial charge in [0.2, 0.25) is 0 Å². The van der Waals surface area contributed by atoms with Crippen molar-refractivity contribution < 1.29 is 14.6 Å². The Labute approximate surface area is 157 Å². The summed E-state index contributed by atoms with van der Waals surface area (Å²) in [6.45, 7) is 5.03. The van der Waals surface area contributed by atoms with Crippen LogP contribution in [0.1, 0.15) is 41.5 Å². The minimum atomic E-state index is -0.286. The number of carbonyl (C=O) groups excluding carboxylic acids is 1. The number of aromatic nitrogens is 2. The third-order valence-electron chi connectivity index (χ3n) is 4.85. The number of aromatic hydroxyl groups is 1. The van der Waals surface area contributed by atoms with Crippen LogP contribution in [0.2, 0.25) is 0 Å². The summed E-state index contributed by atoms with van der Waals surface area (Å²) < 4.78 is 5.64. The fraction of sp³-hybridized carbons (Fsp3) is 0.238. The van der Waals surface area contributed by atoms with E-state index in [1.165, 1.54) is 0 Å². The molecule has 0 aliphatic carbocycles. The molecule has 2 heterocycles. The maximum atomic E-state index is 12.9. The van der Waals surface area contributed by atoms with Crippen LogP contribution in [-0.2, 0) is 0 Å². The Kier molecular flexibility index (Phi) is 4.32. The van der Waals surface area contributed by atoms with Crippen molar-refractivity contribution in [3.05, 3.63) is 65.4 Å². The molecule has 0 saturated heterocycles. The number of fused-ring (bicyclic) bond motifs is 1. The number of hydrogen-bond acceptors (Lipinski definition) is 4. The molecule has 3 aromatic rings. The molecule has 1 aromatic heterocycles. The summed E-state index contributed by atoms with van der Waals surface area (Å²) in [6.07, 6.45) is 0. The van der Waals surface area contributed by atoms with E-state index < -0.39 is 0 Å². The Hall–Kier alpha value is -3.28. The lowest BCUT2D eigenvalue weighted by molar-refractivity contribution is 0.0753. The van der Waals surface area contributed by atoms with E-state index in [1.807, 2.05) is 44.2 Å². The fourth-order valence-electron chi connectivity index (χ4n) is 3.69. The van der Waals surface area contributed by atoms with Gasteiger partial charge in [0.05, 0.1) is 12.6 Å². The van der Waals surface area contributed by atoms with Crippen molar-refractivity contribution in [3.8, 4) is 22.8 Å². The van der Waals surface area contributed by atoms with Gasteiger partial charge in [0.15, 0.2) is 0 Å². The Morgan fingerprint density at radius 2 is 2.00 bits per heavy atom. The quantitative estimate of drug-likeness (QED) is 0.724. The first-order valence-corrected chi connectivity index (χ1v) is 9.06. The summed E-state index contributed by atoms with van der Waals surface area (Å²) >= 11 is 0. The van der Waals surface area contributed by atoms with Crippen LogP contribution in [-0.4, -0.2) is 39.3 Å². The molecule has 1 atom stereocenters. The van der Waals surface area contributed by atoms with Gasteiger partial charge >= 0.3 is 0 Å². The number of phenols is 1. The van der Waals surface area contributed by atoms with Crippen LogP contribution in [0.4, 0.5) is 0 Å². The topological polar surface area (TPSA) is 78.5 Å². The first-order valence-electron chi connectivity index (χ1n) is 9.06. The zero-order valence-corrected chi connectivity index (χ0v) is 15.3. The van der Waals surface area contributed by atoms with Crippen LogP contribution in [0.25, 0.3) is 11.3 Å². The Balaban J connectivity index is 1.89. The summed E-state index contributed by atoms with van der Waals surface area (Å²) in [6, 6.07) is 14.5. The van der Waals surface area contributed by atoms with E-state index in [2.05, 4.69) is 10.2 Å². The molecule has 1 aliphatic heterocycles. The number of rotatable bonds is 5. The van der Waals surface area contributed by atoms with Gasteiger partial charge < -0.3 is 14.7 Å². The predicted molar refractivity (Wildman–Crippen MR) is 102 cm³/mol. The van der Waals surface area contributed by atoms with Gasteiger partial charge in [-0.05, 0) is 43.7 Å². The largest absolute Gasteiger partial charge is 0.507 e. The summed E-state index contributed by atoms with van der Waals surface area (Å²) in [4.78, 5) is 14.7. The third-order valence-corrected chi connectivity index (χ3v) is 4.85. The lowest BCUT2D eigenvalue weighted by Gasteiger charge is -2.25. The molecule has 1 amide bonds. The van der Waals surface area contributed by atoms with Crippen LogP contribution < -0.4 is 4.74 Å². The molecule has 0 saturated carbocycles. The molecule has 4 rings (SSSR count). The monoisotopic (exact) mass is 363 g/mol. The molecule has 0 radical (unpaired) electrons. The number of ether oxygens (including phenoxy) is 1. The molecule has 0 fully saturated rings. The number of para-hydroxylation sites is 1. The molecule has 0 spiro atoms. The molecule has 6 nitrogen and oxygen atoms in total. The first kappa shape index (κ1) is 17.1. The number of amides is 1. The van der Waals surface area contributed by atoms with E-state index in [9.17, 15) is 9.90 Å². The van der Waals surface area contributed by atoms with Crippen molar-refractivity contribution in [3.63, 3.8) is 0 Å². The molecule has 27 heavy (non-hydrogen) atoms. The van der Waals surface area contributed by atoms with Crippen LogP contribution in [0.3, 0.4) is 0 Å². The molecular weight excluding hydrogens is 342 g/mol. The van der Waals surface area contributed by atoms with Crippen LogP contribution in [0, 0.1) is 0 Å². The van der Waals surface area contributed by atoms with Gasteiger partial charge in [0.1, 0.15) is 22.9 Å². The molecule has 0 bridgehead atoms. The fourth-order valence-corrected chi connectivity index (χ4v) is 3.69. The van der Waals surface area contributed by atoms with Gasteiger partial charge in [0.25, 0.3) is 5.91 Å². The van der Waals surface area contributed by atoms with Crippen molar-refractivity contribution in [2.45, 2.75) is 19.9 Å². The standard InChI is InChI=1S/C21H21N3O3/c1-3-24-20(13-8-7-9-14(12-13)27-4-2)17-18(22-23-19(17)21(24)26)15-10-5-6-11-16(15)25/h5-12,20,25H,3-4H2,1-2H3,(H,22,23). The lowest BCUT2D eigenvalue weighted by Crippen LogP contribution is -2.29. The summed E-state index contributed by atoms with van der Waals surface area (Å²) in [7, 11) is 0. The molecule has 138 valence electrons. The van der Waals surface area contributed by atoms with E-state index >= 15 is 0 Å². The highest BCUT2D eigenvalue weighted by Crippen LogP contribution is 2.44. The predicted octanol–water partition coefficient (Wildman–Crippen LogP) is 3.75. The van der Waals surface area contributed by atoms with E-state index in [0.29, 0.717) is 30.1 Å². The van der Waals surface area contributed by atoms with Gasteiger partial charge in [-0.1, -0.05) is 24.3 Å². The number of nitrogens with zero attached hydrogens (tertiary/aromatic N) is 2. The van der Waals surface area contributed by atoms with Gasteiger partial charge in [-0.15, -0.1) is 0 Å². The summed E-state index contributed by atoms with van der Waals surface area (Å²) in [5, 5.41) is 17.5. The minimum absolute atomic E-state index is 0.0894. The highest BCUT2D eigenvalue weighted by molar-refractivity contribution is 6.00. The van der Waals surface area contributed by atoms with Crippen LogP contribution in [0.5, 0.6) is 11.5 Å². The SMILES string of the molecule is CCOc1cccc(C2c3c(-c4ccccc4O)n[nH]c3C(=O)N2CC)c1. The molecule has 2 aromatic carbocycles. The zero-order valence-electron chi connectivity index (χ0n) is 15.3. The number of aromatic amines is 1. The third kappa shape index (κ3) is 2.73. The normalized spacial score (nSPS) is 15.9. The highest BCUT2D eigenvalue weighted by atomic mass is 16.5. The van der Waals surface area contributed by atoms with Crippen LogP contribution in [0.15, 0.2) is 48.5 Å². The second-order valence-electron chi connectivity index (χ2n) is 6.38. The molecule has 1 aliphatic rings. The first-order chi connectivity index (χ1) is 13.2. The number of phenolic OH excluding ortho intramolecular Hbond substituents is 1. The number of carbonyl (C=O) groups is 1. The van der Waals surface area contributed by atoms with Crippen molar-refractivity contribution in [1.29, 1.82) is 0 Å². The van der Waals surface area contributed by atoms with E-state index in [4.69, 9.17) is 4.74 Å². The second-order valence-corrected chi connectivity index (χ2v) is 6.38. The van der Waals surface area contributed by atoms with E-state index in [0.717, 1.165) is 16.9 Å². The highest BCUT2D eigenvalue weighted by Gasteiger charge is 2.41. The maximum Gasteiger partial charge on any atom is 0.273 e. The Morgan fingerprint density at radius 1 is 1.19 bits per heavy atom. The molecule has 2 N–H and O–H groups in total. The number of nitrogens with one attached hydrogen (secondary N) is 1. The van der Waals surface area contributed by atoms with Crippen molar-refractivity contribution in [1.82, 2.24) is 15.1 Å². The minimum Gasteiger partial charge on any atom is -0.507 e. The van der Waals surface area contributed by atoms with Crippen LogP contribution >= 0.6 is 0 Å². The maximum absolute atomic E-state index is 12.9. The molecule has 1 unspecified atom stereocenters. The smallest absolute Gasteiger partial charge is 0.273 e. The van der Waals surface area contributed by atoms with Crippen molar-refractivity contribution in [2.24, 2.45) is 0 Å². The Bertz CT molecular complexity index is 996. The van der Waals surface area contributed by atoms with Gasteiger partial charge in [-0.3, -0.25) is 9.89 Å². The summed E-state index contributed by atoms with van der Waals surface area (Å²) in [5.41, 5.74) is 3.41. The van der Waals surface area contributed by atoms with Gasteiger partial charge in [0, 0.05) is 17.7 Å². The molecular formula is C21H21N3O3. The lowest BCUT2D eigenvalue weighted by atomic mass is 9.95. The average Bonchev–Trinajstić information content (AvgIpc) is 3.21. The summed E-state index contributed by atoms with van der Waals surface area (Å²) in [5.74, 6) is 0.809.